The predicted molar refractivity (Wildman–Crippen MR) is 53.1 cm³/mol. The molecule has 1 aromatic carbocycles. The first kappa shape index (κ1) is 8.00. The molecule has 0 aliphatic heterocycles. The Morgan fingerprint density at radius 3 is 3.07 bits per heavy atom. The molecule has 0 amide bonds. The topological polar surface area (TPSA) is 63.3 Å². The maximum Gasteiger partial charge on any atom is 0.321 e. The van der Waals surface area contributed by atoms with Crippen molar-refractivity contribution in [3.05, 3.63) is 35.4 Å². The van der Waals surface area contributed by atoms with Crippen molar-refractivity contribution in [1.29, 1.82) is 0 Å². The van der Waals surface area contributed by atoms with E-state index in [9.17, 15) is 4.79 Å². The van der Waals surface area contributed by atoms with Crippen LogP contribution in [-0.2, 0) is 11.2 Å². The number of carboxylic acid groups (broad SMARTS) is 1. The first-order valence-electron chi connectivity index (χ1n) is 5.12. The number of aliphatic carboxylic acids is 1. The molecule has 74 valence electrons. The second-order valence-corrected chi connectivity index (χ2v) is 3.50. The fourth-order valence-electron chi connectivity index (χ4n) is 1.93. The predicted octanol–water partition coefficient (Wildman–Crippen LogP) is 1.13. The van der Waals surface area contributed by atoms with E-state index in [0.29, 0.717) is 6.42 Å². The van der Waals surface area contributed by atoms with Crippen molar-refractivity contribution < 1.29 is 11.3 Å². The van der Waals surface area contributed by atoms with Crippen LogP contribution in [0.1, 0.15) is 24.8 Å². The average molecular weight is 192 g/mol. The molecule has 1 aliphatic rings. The van der Waals surface area contributed by atoms with Gasteiger partial charge in [-0.1, -0.05) is 24.3 Å². The van der Waals surface area contributed by atoms with Crippen molar-refractivity contribution in [1.82, 2.24) is 0 Å². The van der Waals surface area contributed by atoms with Gasteiger partial charge in [-0.2, -0.15) is 0 Å². The van der Waals surface area contributed by atoms with Gasteiger partial charge in [0.05, 0.1) is 0 Å². The van der Waals surface area contributed by atoms with Crippen LogP contribution in [0.3, 0.4) is 0 Å². The summed E-state index contributed by atoms with van der Waals surface area (Å²) in [6, 6.07) is 6.30. The number of rotatable bonds is 2. The van der Waals surface area contributed by atoms with Crippen LogP contribution in [0.2, 0.25) is 0 Å². The maximum absolute atomic E-state index is 10.9. The van der Waals surface area contributed by atoms with Crippen molar-refractivity contribution in [2.24, 2.45) is 5.73 Å². The summed E-state index contributed by atoms with van der Waals surface area (Å²) in [5.41, 5.74) is 7.39. The Morgan fingerprint density at radius 2 is 2.36 bits per heavy atom. The fraction of sp³-hybridized carbons (Fsp3) is 0.364. The molecule has 0 spiro atoms. The Hall–Kier alpha value is -1.35. The smallest absolute Gasteiger partial charge is 0.321 e. The third-order valence-electron chi connectivity index (χ3n) is 2.67. The molecule has 2 unspecified atom stereocenters. The minimum absolute atomic E-state index is 0.486. The van der Waals surface area contributed by atoms with Gasteiger partial charge in [0, 0.05) is 7.26 Å². The summed E-state index contributed by atoms with van der Waals surface area (Å²) >= 11 is 0. The Balaban J connectivity index is 2.44. The first-order valence-corrected chi connectivity index (χ1v) is 4.62. The number of hydrogen-bond acceptors (Lipinski definition) is 2. The molecule has 14 heavy (non-hydrogen) atoms. The number of aryl methyl sites for hydroxylation is 1. The summed E-state index contributed by atoms with van der Waals surface area (Å²) < 4.78 is 8.19. The van der Waals surface area contributed by atoms with Gasteiger partial charge in [0.2, 0.25) is 0 Å². The van der Waals surface area contributed by atoms with Crippen molar-refractivity contribution >= 4 is 5.97 Å². The lowest BCUT2D eigenvalue weighted by Gasteiger charge is -2.15. The standard InChI is InChI=1S/C11H13NO2/c12-10(11(13)14)9-6-5-7-3-1-2-4-8(7)9/h1-4,9-10H,5-6,12H2,(H,13,14)/i9D. The highest BCUT2D eigenvalue weighted by molar-refractivity contribution is 5.75. The molecule has 0 saturated carbocycles. The summed E-state index contributed by atoms with van der Waals surface area (Å²) in [5.74, 6) is -2.27. The van der Waals surface area contributed by atoms with Crippen LogP contribution in [0.15, 0.2) is 24.3 Å². The number of fused-ring (bicyclic) bond motifs is 1. The molecule has 3 heteroatoms. The molecule has 0 heterocycles. The Labute approximate surface area is 84.0 Å². The fourth-order valence-corrected chi connectivity index (χ4v) is 1.93. The third kappa shape index (κ3) is 1.40. The van der Waals surface area contributed by atoms with E-state index in [1.807, 2.05) is 18.2 Å². The quantitative estimate of drug-likeness (QED) is 0.738. The molecule has 2 rings (SSSR count). The van der Waals surface area contributed by atoms with Crippen LogP contribution >= 0.6 is 0 Å². The molecule has 0 fully saturated rings. The molecule has 0 aromatic heterocycles. The van der Waals surface area contributed by atoms with E-state index in [1.54, 1.807) is 6.07 Å². The van der Waals surface area contributed by atoms with Crippen LogP contribution in [-0.4, -0.2) is 17.1 Å². The van der Waals surface area contributed by atoms with Crippen LogP contribution in [0.5, 0.6) is 0 Å². The summed E-state index contributed by atoms with van der Waals surface area (Å²) in [4.78, 5) is 10.9. The molecular formula is C11H13NO2. The van der Waals surface area contributed by atoms with E-state index in [4.69, 9.17) is 12.2 Å². The van der Waals surface area contributed by atoms with E-state index in [0.717, 1.165) is 17.5 Å². The van der Waals surface area contributed by atoms with Gasteiger partial charge < -0.3 is 10.8 Å². The molecular weight excluding hydrogens is 178 g/mol. The van der Waals surface area contributed by atoms with E-state index in [-0.39, 0.29) is 0 Å². The minimum atomic E-state index is -1.16. The molecule has 3 N–H and O–H groups in total. The second-order valence-electron chi connectivity index (χ2n) is 3.50. The van der Waals surface area contributed by atoms with Crippen molar-refractivity contribution in [2.75, 3.05) is 0 Å². The van der Waals surface area contributed by atoms with Crippen molar-refractivity contribution in [3.8, 4) is 0 Å². The normalized spacial score (nSPS) is 27.9. The first-order chi connectivity index (χ1) is 7.05. The number of carboxylic acids is 1. The molecule has 1 aliphatic carbocycles. The number of carbonyl (C=O) groups is 1. The van der Waals surface area contributed by atoms with Gasteiger partial charge in [-0.15, -0.1) is 0 Å². The van der Waals surface area contributed by atoms with Gasteiger partial charge in [0.15, 0.2) is 0 Å². The lowest BCUT2D eigenvalue weighted by molar-refractivity contribution is -0.139. The highest BCUT2D eigenvalue weighted by Gasteiger charge is 2.31. The van der Waals surface area contributed by atoms with Crippen LogP contribution < -0.4 is 5.73 Å². The maximum atomic E-state index is 10.9. The Morgan fingerprint density at radius 1 is 1.64 bits per heavy atom. The summed E-state index contributed by atoms with van der Waals surface area (Å²) in [6.45, 7) is 0. The average Bonchev–Trinajstić information content (AvgIpc) is 2.57. The van der Waals surface area contributed by atoms with Gasteiger partial charge in [0.1, 0.15) is 6.04 Å². The number of hydrogen-bond donors (Lipinski definition) is 2. The molecule has 3 nitrogen and oxygen atoms in total. The van der Waals surface area contributed by atoms with Crippen LogP contribution in [0.4, 0.5) is 0 Å². The van der Waals surface area contributed by atoms with E-state index in [2.05, 4.69) is 0 Å². The zero-order chi connectivity index (χ0) is 11.1. The monoisotopic (exact) mass is 192 g/mol. The van der Waals surface area contributed by atoms with Gasteiger partial charge >= 0.3 is 5.97 Å². The molecule has 0 bridgehead atoms. The van der Waals surface area contributed by atoms with E-state index in [1.165, 1.54) is 0 Å². The van der Waals surface area contributed by atoms with Crippen LogP contribution in [0.25, 0.3) is 0 Å². The Bertz CT molecular complexity index is 407. The van der Waals surface area contributed by atoms with E-state index < -0.39 is 17.9 Å². The summed E-state index contributed by atoms with van der Waals surface area (Å²) in [7, 11) is 0. The minimum Gasteiger partial charge on any atom is -0.480 e. The zero-order valence-corrected chi connectivity index (χ0v) is 7.73. The molecule has 1 aromatic rings. The number of nitrogens with two attached hydrogens (primary N) is 1. The van der Waals surface area contributed by atoms with Gasteiger partial charge in [-0.25, -0.2) is 0 Å². The largest absolute Gasteiger partial charge is 0.480 e. The van der Waals surface area contributed by atoms with Gasteiger partial charge in [-0.05, 0) is 24.0 Å². The summed E-state index contributed by atoms with van der Waals surface area (Å²) in [5, 5.41) is 8.89. The zero-order valence-electron chi connectivity index (χ0n) is 8.73. The Kier molecular flexibility index (Phi) is 1.96. The van der Waals surface area contributed by atoms with Crippen molar-refractivity contribution in [3.63, 3.8) is 0 Å². The lowest BCUT2D eigenvalue weighted by Crippen LogP contribution is -2.35. The highest BCUT2D eigenvalue weighted by atomic mass is 16.4. The van der Waals surface area contributed by atoms with Crippen LogP contribution in [0, 0.1) is 0 Å². The molecule has 0 saturated heterocycles. The number of benzene rings is 1. The van der Waals surface area contributed by atoms with Gasteiger partial charge in [0.25, 0.3) is 0 Å². The molecule has 0 radical (unpaired) electrons. The van der Waals surface area contributed by atoms with E-state index >= 15 is 0 Å². The lowest BCUT2D eigenvalue weighted by atomic mass is 9.94. The SMILES string of the molecule is [2H]C1(C(N)C(=O)O)CCc2ccccc21. The highest BCUT2D eigenvalue weighted by Crippen LogP contribution is 2.34. The summed E-state index contributed by atoms with van der Waals surface area (Å²) in [6.07, 6.45) is 1.22. The second kappa shape index (κ2) is 3.42. The molecule has 2 atom stereocenters. The van der Waals surface area contributed by atoms with Crippen molar-refractivity contribution in [2.45, 2.75) is 24.8 Å². The van der Waals surface area contributed by atoms with Gasteiger partial charge in [-0.3, -0.25) is 4.79 Å². The third-order valence-corrected chi connectivity index (χ3v) is 2.67.